The van der Waals surface area contributed by atoms with Crippen LogP contribution in [0, 0.1) is 5.82 Å². The first-order chi connectivity index (χ1) is 8.49. The number of carbonyl (C=O) groups excluding carboxylic acids is 1. The zero-order chi connectivity index (χ0) is 13.7. The van der Waals surface area contributed by atoms with Crippen molar-refractivity contribution in [1.29, 1.82) is 0 Å². The Labute approximate surface area is 116 Å². The van der Waals surface area contributed by atoms with Crippen LogP contribution in [-0.4, -0.2) is 18.1 Å². The lowest BCUT2D eigenvalue weighted by atomic mass is 10.1. The van der Waals surface area contributed by atoms with Crippen molar-refractivity contribution in [1.82, 2.24) is 0 Å². The van der Waals surface area contributed by atoms with Gasteiger partial charge in [0.05, 0.1) is 13.5 Å². The van der Waals surface area contributed by atoms with E-state index in [1.165, 1.54) is 13.2 Å². The van der Waals surface area contributed by atoms with Crippen molar-refractivity contribution in [3.05, 3.63) is 44.0 Å². The van der Waals surface area contributed by atoms with E-state index >= 15 is 0 Å². The maximum Gasteiger partial charge on any atom is 0.310 e. The molecule has 0 bridgehead atoms. The highest BCUT2D eigenvalue weighted by atomic mass is 79.9. The maximum atomic E-state index is 13.6. The van der Waals surface area contributed by atoms with Crippen molar-refractivity contribution in [2.75, 3.05) is 7.11 Å². The second-order valence-electron chi connectivity index (χ2n) is 3.17. The van der Waals surface area contributed by atoms with Gasteiger partial charge in [-0.1, -0.05) is 28.1 Å². The molecule has 0 spiro atoms. The lowest BCUT2D eigenvalue weighted by Crippen LogP contribution is -2.07. The highest BCUT2D eigenvalue weighted by Crippen LogP contribution is 2.23. The van der Waals surface area contributed by atoms with Gasteiger partial charge in [0, 0.05) is 14.9 Å². The summed E-state index contributed by atoms with van der Waals surface area (Å²) in [4.78, 5) is 13.5. The number of nitrogens with zero attached hydrogens (tertiary/aromatic N) is 3. The molecule has 0 heterocycles. The van der Waals surface area contributed by atoms with Crippen LogP contribution in [0.2, 0.25) is 0 Å². The largest absolute Gasteiger partial charge is 0.469 e. The van der Waals surface area contributed by atoms with Crippen LogP contribution in [0.5, 0.6) is 0 Å². The number of rotatable bonds is 3. The topological polar surface area (TPSA) is 75.1 Å². The summed E-state index contributed by atoms with van der Waals surface area (Å²) in [7, 11) is 1.26. The third-order valence-corrected chi connectivity index (χ3v) is 3.10. The maximum absolute atomic E-state index is 13.6. The molecule has 0 saturated heterocycles. The number of esters is 1. The van der Waals surface area contributed by atoms with Gasteiger partial charge >= 0.3 is 5.97 Å². The molecule has 5 nitrogen and oxygen atoms in total. The molecular weight excluding hydrogens is 325 g/mol. The molecule has 0 radical (unpaired) electrons. The highest BCUT2D eigenvalue weighted by molar-refractivity contribution is 9.10. The number of azide groups is 1. The van der Waals surface area contributed by atoms with Gasteiger partial charge in [0.25, 0.3) is 0 Å². The molecule has 0 N–H and O–H groups in total. The summed E-state index contributed by atoms with van der Waals surface area (Å²) in [5, 5.41) is 3.17. The minimum absolute atomic E-state index is 0.0232. The Bertz CT molecular complexity index is 558. The molecule has 0 aliphatic heterocycles. The SMILES string of the molecule is COC(=O)Cc1cc(C(=S)N=[N+]=[N-])c(F)cc1Br. The zero-order valence-electron chi connectivity index (χ0n) is 9.18. The summed E-state index contributed by atoms with van der Waals surface area (Å²) >= 11 is 7.89. The van der Waals surface area contributed by atoms with E-state index in [1.54, 1.807) is 0 Å². The Hall–Kier alpha value is -1.50. The van der Waals surface area contributed by atoms with E-state index in [0.29, 0.717) is 10.0 Å². The molecule has 0 amide bonds. The summed E-state index contributed by atoms with van der Waals surface area (Å²) in [6, 6.07) is 2.51. The van der Waals surface area contributed by atoms with Crippen LogP contribution >= 0.6 is 28.1 Å². The Morgan fingerprint density at radius 1 is 1.67 bits per heavy atom. The van der Waals surface area contributed by atoms with Gasteiger partial charge in [0.2, 0.25) is 0 Å². The predicted octanol–water partition coefficient (Wildman–Crippen LogP) is 3.29. The van der Waals surface area contributed by atoms with Crippen molar-refractivity contribution in [3.63, 3.8) is 0 Å². The van der Waals surface area contributed by atoms with Gasteiger partial charge in [-0.05, 0) is 28.3 Å². The first-order valence-corrected chi connectivity index (χ1v) is 5.84. The van der Waals surface area contributed by atoms with E-state index in [9.17, 15) is 9.18 Å². The number of hydrogen-bond acceptors (Lipinski definition) is 3. The van der Waals surface area contributed by atoms with Crippen molar-refractivity contribution in [2.45, 2.75) is 6.42 Å². The van der Waals surface area contributed by atoms with Gasteiger partial charge in [-0.25, -0.2) is 4.39 Å². The van der Waals surface area contributed by atoms with Crippen LogP contribution in [-0.2, 0) is 16.0 Å². The van der Waals surface area contributed by atoms with Crippen LogP contribution < -0.4 is 0 Å². The van der Waals surface area contributed by atoms with Crippen molar-refractivity contribution >= 4 is 39.1 Å². The average Bonchev–Trinajstić information content (AvgIpc) is 2.32. The Morgan fingerprint density at radius 3 is 2.89 bits per heavy atom. The van der Waals surface area contributed by atoms with E-state index in [1.807, 2.05) is 0 Å². The molecule has 1 aromatic carbocycles. The van der Waals surface area contributed by atoms with E-state index in [4.69, 9.17) is 17.7 Å². The normalized spacial score (nSPS) is 9.50. The fraction of sp³-hybridized carbons (Fsp3) is 0.200. The number of thiocarbonyl (C=S) groups is 1. The first kappa shape index (κ1) is 14.6. The lowest BCUT2D eigenvalue weighted by molar-refractivity contribution is -0.139. The second kappa shape index (κ2) is 6.44. The molecule has 0 fully saturated rings. The van der Waals surface area contributed by atoms with Gasteiger partial charge in [-0.3, -0.25) is 4.79 Å². The fourth-order valence-corrected chi connectivity index (χ4v) is 1.86. The van der Waals surface area contributed by atoms with Crippen LogP contribution in [0.3, 0.4) is 0 Å². The number of halogens is 2. The number of benzene rings is 1. The van der Waals surface area contributed by atoms with Gasteiger partial charge in [0.15, 0.2) is 0 Å². The number of methoxy groups -OCH3 is 1. The van der Waals surface area contributed by atoms with E-state index < -0.39 is 11.8 Å². The number of carbonyl (C=O) groups is 1. The van der Waals surface area contributed by atoms with Gasteiger partial charge in [-0.15, -0.1) is 0 Å². The van der Waals surface area contributed by atoms with E-state index in [2.05, 4.69) is 30.7 Å². The molecule has 0 saturated carbocycles. The fourth-order valence-electron chi connectivity index (χ4n) is 1.22. The molecule has 0 aliphatic rings. The van der Waals surface area contributed by atoms with Gasteiger partial charge in [-0.2, -0.15) is 0 Å². The number of ether oxygens (including phenoxy) is 1. The smallest absolute Gasteiger partial charge is 0.310 e. The first-order valence-electron chi connectivity index (χ1n) is 4.63. The monoisotopic (exact) mass is 331 g/mol. The summed E-state index contributed by atoms with van der Waals surface area (Å²) < 4.78 is 18.5. The Balaban J connectivity index is 3.21. The summed E-state index contributed by atoms with van der Waals surface area (Å²) in [5.41, 5.74) is 8.73. The second-order valence-corrected chi connectivity index (χ2v) is 4.41. The van der Waals surface area contributed by atoms with E-state index in [0.717, 1.165) is 6.07 Å². The Morgan fingerprint density at radius 2 is 2.33 bits per heavy atom. The molecule has 1 rings (SSSR count). The van der Waals surface area contributed by atoms with Crippen LogP contribution in [0.15, 0.2) is 21.7 Å². The van der Waals surface area contributed by atoms with Gasteiger partial charge in [0.1, 0.15) is 10.8 Å². The van der Waals surface area contributed by atoms with Crippen molar-refractivity contribution in [2.24, 2.45) is 5.11 Å². The highest BCUT2D eigenvalue weighted by Gasteiger charge is 2.14. The molecule has 0 aromatic heterocycles. The van der Waals surface area contributed by atoms with Crippen LogP contribution in [0.1, 0.15) is 11.1 Å². The van der Waals surface area contributed by atoms with Gasteiger partial charge < -0.3 is 4.74 Å². The summed E-state index contributed by atoms with van der Waals surface area (Å²) in [6.45, 7) is 0. The van der Waals surface area contributed by atoms with E-state index in [-0.39, 0.29) is 17.0 Å². The molecule has 0 atom stereocenters. The molecular formula is C10H7BrFN3O2S. The molecule has 8 heteroatoms. The average molecular weight is 332 g/mol. The molecule has 1 aromatic rings. The quantitative estimate of drug-likeness (QED) is 0.280. The molecule has 0 aliphatic carbocycles. The predicted molar refractivity (Wildman–Crippen MR) is 70.7 cm³/mol. The summed E-state index contributed by atoms with van der Waals surface area (Å²) in [5.74, 6) is -1.10. The third kappa shape index (κ3) is 3.49. The van der Waals surface area contributed by atoms with Crippen molar-refractivity contribution < 1.29 is 13.9 Å². The van der Waals surface area contributed by atoms with Crippen molar-refractivity contribution in [3.8, 4) is 0 Å². The molecule has 94 valence electrons. The molecule has 0 unspecified atom stereocenters. The Kier molecular flexibility index (Phi) is 5.21. The minimum Gasteiger partial charge on any atom is -0.469 e. The molecule has 18 heavy (non-hydrogen) atoms. The van der Waals surface area contributed by atoms with Crippen LogP contribution in [0.25, 0.3) is 10.4 Å². The standard InChI is InChI=1S/C10H7BrFN3O2S/c1-17-9(16)3-5-2-6(10(18)14-15-13)8(12)4-7(5)11/h2,4H,3H2,1H3. The van der Waals surface area contributed by atoms with Crippen LogP contribution in [0.4, 0.5) is 4.39 Å². The summed E-state index contributed by atoms with van der Waals surface area (Å²) in [6.07, 6.45) is -0.0384. The minimum atomic E-state index is -0.632. The third-order valence-electron chi connectivity index (χ3n) is 2.06. The zero-order valence-corrected chi connectivity index (χ0v) is 11.6. The number of hydrogen-bond donors (Lipinski definition) is 0. The lowest BCUT2D eigenvalue weighted by Gasteiger charge is -2.07.